The van der Waals surface area contributed by atoms with Crippen molar-refractivity contribution in [3.63, 3.8) is 0 Å². The van der Waals surface area contributed by atoms with E-state index in [2.05, 4.69) is 5.32 Å². The molecule has 0 radical (unpaired) electrons. The standard InChI is InChI=1S/C12H13NO4/c1-17-10-6-7(12(15)16)2-5-9(10)11(14)13-8-3-4-8/h2,5-6,8H,3-4H2,1H3,(H,13,14)(H,15,16). The minimum absolute atomic E-state index is 0.102. The van der Waals surface area contributed by atoms with E-state index in [-0.39, 0.29) is 23.3 Å². The Bertz CT molecular complexity index is 466. The van der Waals surface area contributed by atoms with Crippen LogP contribution in [0.15, 0.2) is 18.2 Å². The summed E-state index contributed by atoms with van der Waals surface area (Å²) in [6.07, 6.45) is 2.00. The molecule has 1 amide bonds. The lowest BCUT2D eigenvalue weighted by Crippen LogP contribution is -2.25. The van der Waals surface area contributed by atoms with E-state index in [9.17, 15) is 9.59 Å². The Kier molecular flexibility index (Phi) is 2.99. The molecule has 0 unspecified atom stereocenters. The van der Waals surface area contributed by atoms with E-state index in [0.29, 0.717) is 5.56 Å². The highest BCUT2D eigenvalue weighted by molar-refractivity contribution is 5.99. The molecule has 2 N–H and O–H groups in total. The zero-order valence-corrected chi connectivity index (χ0v) is 9.40. The molecule has 0 aromatic heterocycles. The first-order chi connectivity index (χ1) is 8.11. The molecule has 0 spiro atoms. The van der Waals surface area contributed by atoms with Gasteiger partial charge in [0.1, 0.15) is 5.75 Å². The summed E-state index contributed by atoms with van der Waals surface area (Å²) in [5, 5.41) is 11.7. The monoisotopic (exact) mass is 235 g/mol. The largest absolute Gasteiger partial charge is 0.496 e. The summed E-state index contributed by atoms with van der Waals surface area (Å²) in [6, 6.07) is 4.47. The Morgan fingerprint density at radius 3 is 2.65 bits per heavy atom. The Hall–Kier alpha value is -2.04. The molecule has 17 heavy (non-hydrogen) atoms. The molecule has 1 saturated carbocycles. The van der Waals surface area contributed by atoms with Crippen molar-refractivity contribution in [1.29, 1.82) is 0 Å². The van der Waals surface area contributed by atoms with Crippen LogP contribution in [0, 0.1) is 0 Å². The van der Waals surface area contributed by atoms with Crippen molar-refractivity contribution in [2.24, 2.45) is 0 Å². The maximum atomic E-state index is 11.8. The molecule has 5 nitrogen and oxygen atoms in total. The second-order valence-electron chi connectivity index (χ2n) is 3.97. The fourth-order valence-corrected chi connectivity index (χ4v) is 1.50. The van der Waals surface area contributed by atoms with Crippen LogP contribution in [-0.2, 0) is 0 Å². The van der Waals surface area contributed by atoms with Gasteiger partial charge in [-0.25, -0.2) is 4.79 Å². The number of carbonyl (C=O) groups excluding carboxylic acids is 1. The van der Waals surface area contributed by atoms with Crippen molar-refractivity contribution in [3.05, 3.63) is 29.3 Å². The molecule has 1 aromatic rings. The van der Waals surface area contributed by atoms with E-state index in [1.165, 1.54) is 25.3 Å². The molecular formula is C12H13NO4. The highest BCUT2D eigenvalue weighted by Gasteiger charge is 2.25. The third-order valence-corrected chi connectivity index (χ3v) is 2.61. The van der Waals surface area contributed by atoms with E-state index in [0.717, 1.165) is 12.8 Å². The van der Waals surface area contributed by atoms with Crippen molar-refractivity contribution in [1.82, 2.24) is 5.32 Å². The number of carbonyl (C=O) groups is 2. The quantitative estimate of drug-likeness (QED) is 0.824. The smallest absolute Gasteiger partial charge is 0.335 e. The predicted octanol–water partition coefficient (Wildman–Crippen LogP) is 1.29. The number of ether oxygens (including phenoxy) is 1. The summed E-state index contributed by atoms with van der Waals surface area (Å²) in [6.45, 7) is 0. The number of amides is 1. The van der Waals surface area contributed by atoms with Gasteiger partial charge in [0.2, 0.25) is 0 Å². The van der Waals surface area contributed by atoms with E-state index in [4.69, 9.17) is 9.84 Å². The highest BCUT2D eigenvalue weighted by atomic mass is 16.5. The lowest BCUT2D eigenvalue weighted by atomic mass is 10.1. The zero-order chi connectivity index (χ0) is 12.4. The molecule has 0 saturated heterocycles. The van der Waals surface area contributed by atoms with Gasteiger partial charge in [0.15, 0.2) is 0 Å². The average Bonchev–Trinajstić information content (AvgIpc) is 3.11. The second-order valence-corrected chi connectivity index (χ2v) is 3.97. The zero-order valence-electron chi connectivity index (χ0n) is 9.40. The van der Waals surface area contributed by atoms with Crippen LogP contribution < -0.4 is 10.1 Å². The number of nitrogens with one attached hydrogen (secondary N) is 1. The predicted molar refractivity (Wildman–Crippen MR) is 60.4 cm³/mol. The van der Waals surface area contributed by atoms with Gasteiger partial charge in [-0.05, 0) is 31.0 Å². The van der Waals surface area contributed by atoms with Crippen LogP contribution in [0.2, 0.25) is 0 Å². The SMILES string of the molecule is COc1cc(C(=O)O)ccc1C(=O)NC1CC1. The summed E-state index contributed by atoms with van der Waals surface area (Å²) in [7, 11) is 1.41. The third kappa shape index (κ3) is 2.55. The molecule has 0 bridgehead atoms. The number of benzene rings is 1. The van der Waals surface area contributed by atoms with E-state index < -0.39 is 5.97 Å². The molecule has 0 heterocycles. The first kappa shape index (κ1) is 11.4. The van der Waals surface area contributed by atoms with Gasteiger partial charge in [-0.2, -0.15) is 0 Å². The Balaban J connectivity index is 2.26. The van der Waals surface area contributed by atoms with Crippen LogP contribution in [-0.4, -0.2) is 30.1 Å². The first-order valence-electron chi connectivity index (χ1n) is 5.34. The summed E-state index contributed by atoms with van der Waals surface area (Å²) < 4.78 is 5.04. The highest BCUT2D eigenvalue weighted by Crippen LogP contribution is 2.23. The molecule has 1 aliphatic rings. The lowest BCUT2D eigenvalue weighted by molar-refractivity contribution is 0.0695. The van der Waals surface area contributed by atoms with Crippen LogP contribution in [0.4, 0.5) is 0 Å². The third-order valence-electron chi connectivity index (χ3n) is 2.61. The summed E-state index contributed by atoms with van der Waals surface area (Å²) in [5.74, 6) is -0.984. The maximum absolute atomic E-state index is 11.8. The number of carboxylic acids is 1. The number of aromatic carboxylic acids is 1. The van der Waals surface area contributed by atoms with Gasteiger partial charge in [-0.1, -0.05) is 0 Å². The number of methoxy groups -OCH3 is 1. The van der Waals surface area contributed by atoms with Crippen molar-refractivity contribution in [2.45, 2.75) is 18.9 Å². The van der Waals surface area contributed by atoms with Crippen molar-refractivity contribution in [3.8, 4) is 5.75 Å². The maximum Gasteiger partial charge on any atom is 0.335 e. The fourth-order valence-electron chi connectivity index (χ4n) is 1.50. The average molecular weight is 235 g/mol. The number of hydrogen-bond acceptors (Lipinski definition) is 3. The number of rotatable bonds is 4. The Labute approximate surface area is 98.4 Å². The fraction of sp³-hybridized carbons (Fsp3) is 0.333. The summed E-state index contributed by atoms with van der Waals surface area (Å²) >= 11 is 0. The number of hydrogen-bond donors (Lipinski definition) is 2. The van der Waals surface area contributed by atoms with Crippen LogP contribution in [0.1, 0.15) is 33.6 Å². The van der Waals surface area contributed by atoms with E-state index >= 15 is 0 Å². The van der Waals surface area contributed by atoms with Crippen LogP contribution in [0.3, 0.4) is 0 Å². The van der Waals surface area contributed by atoms with Gasteiger partial charge in [0.25, 0.3) is 5.91 Å². The topological polar surface area (TPSA) is 75.6 Å². The van der Waals surface area contributed by atoms with Gasteiger partial charge in [0.05, 0.1) is 18.2 Å². The first-order valence-corrected chi connectivity index (χ1v) is 5.34. The van der Waals surface area contributed by atoms with Crippen molar-refractivity contribution in [2.75, 3.05) is 7.11 Å². The number of carboxylic acid groups (broad SMARTS) is 1. The molecule has 5 heteroatoms. The van der Waals surface area contributed by atoms with Gasteiger partial charge in [-0.3, -0.25) is 4.79 Å². The minimum atomic E-state index is -1.04. The van der Waals surface area contributed by atoms with Gasteiger partial charge < -0.3 is 15.2 Å². The summed E-state index contributed by atoms with van der Waals surface area (Å²) in [5.41, 5.74) is 0.467. The minimum Gasteiger partial charge on any atom is -0.496 e. The van der Waals surface area contributed by atoms with Gasteiger partial charge in [0, 0.05) is 6.04 Å². The van der Waals surface area contributed by atoms with Crippen LogP contribution in [0.25, 0.3) is 0 Å². The molecular weight excluding hydrogens is 222 g/mol. The molecule has 0 atom stereocenters. The Morgan fingerprint density at radius 2 is 2.12 bits per heavy atom. The van der Waals surface area contributed by atoms with Crippen molar-refractivity contribution < 1.29 is 19.4 Å². The molecule has 2 rings (SSSR count). The van der Waals surface area contributed by atoms with E-state index in [1.54, 1.807) is 0 Å². The second kappa shape index (κ2) is 4.45. The van der Waals surface area contributed by atoms with Crippen molar-refractivity contribution >= 4 is 11.9 Å². The molecule has 0 aliphatic heterocycles. The summed E-state index contributed by atoms with van der Waals surface area (Å²) in [4.78, 5) is 22.6. The van der Waals surface area contributed by atoms with Gasteiger partial charge >= 0.3 is 5.97 Å². The molecule has 1 aromatic carbocycles. The van der Waals surface area contributed by atoms with Crippen LogP contribution >= 0.6 is 0 Å². The molecule has 90 valence electrons. The van der Waals surface area contributed by atoms with E-state index in [1.807, 2.05) is 0 Å². The Morgan fingerprint density at radius 1 is 1.41 bits per heavy atom. The normalized spacial score (nSPS) is 14.2. The molecule has 1 fully saturated rings. The lowest BCUT2D eigenvalue weighted by Gasteiger charge is -2.09. The van der Waals surface area contributed by atoms with Gasteiger partial charge in [-0.15, -0.1) is 0 Å². The van der Waals surface area contributed by atoms with Crippen LogP contribution in [0.5, 0.6) is 5.75 Å². The molecule has 1 aliphatic carbocycles.